The molecule has 4 aromatic rings. The Morgan fingerprint density at radius 1 is 1.14 bits per heavy atom. The Morgan fingerprint density at radius 2 is 1.83 bits per heavy atom. The van der Waals surface area contributed by atoms with Crippen molar-refractivity contribution in [2.45, 2.75) is 33.0 Å². The van der Waals surface area contributed by atoms with Crippen LogP contribution in [0.1, 0.15) is 30.5 Å². The molecule has 0 saturated carbocycles. The molecule has 1 atom stereocenters. The summed E-state index contributed by atoms with van der Waals surface area (Å²) in [5, 5.41) is 20.8. The van der Waals surface area contributed by atoms with Crippen molar-refractivity contribution in [2.75, 3.05) is 18.5 Å². The van der Waals surface area contributed by atoms with Crippen LogP contribution in [0.5, 0.6) is 0 Å². The van der Waals surface area contributed by atoms with Gasteiger partial charge in [-0.3, -0.25) is 13.9 Å². The van der Waals surface area contributed by atoms with E-state index >= 15 is 0 Å². The van der Waals surface area contributed by atoms with Gasteiger partial charge < -0.3 is 15.2 Å². The lowest BCUT2D eigenvalue weighted by Gasteiger charge is -2.20. The van der Waals surface area contributed by atoms with E-state index in [1.165, 1.54) is 4.57 Å². The summed E-state index contributed by atoms with van der Waals surface area (Å²) in [6, 6.07) is 12.9. The van der Waals surface area contributed by atoms with Gasteiger partial charge in [0.15, 0.2) is 11.2 Å². The summed E-state index contributed by atoms with van der Waals surface area (Å²) in [6.07, 6.45) is 0. The van der Waals surface area contributed by atoms with E-state index in [9.17, 15) is 20.1 Å². The van der Waals surface area contributed by atoms with Crippen LogP contribution >= 0.6 is 0 Å². The molecule has 0 aliphatic rings. The molecule has 10 heteroatoms. The fraction of sp³-hybridized carbons (Fsp3) is 0.320. The molecule has 0 amide bonds. The standard InChI is InChI=1S/C25H26N8O2/c1-5-32-21-22(29-24(32)30(3)13-15(2)28)31(4)25(35)33(23(21)34)14-17-10-16(11-26)18-8-6-7-9-19(18)20(17)12-27/h6-10,15H,5,13-14,28H2,1-4H3. The number of nitriles is 2. The lowest BCUT2D eigenvalue weighted by molar-refractivity contribution is 0.650. The minimum Gasteiger partial charge on any atom is -0.344 e. The monoisotopic (exact) mass is 470 g/mol. The van der Waals surface area contributed by atoms with Gasteiger partial charge in [-0.25, -0.2) is 4.79 Å². The van der Waals surface area contributed by atoms with Gasteiger partial charge in [-0.15, -0.1) is 0 Å². The average Bonchev–Trinajstić information content (AvgIpc) is 3.24. The zero-order chi connectivity index (χ0) is 25.4. The number of fused-ring (bicyclic) bond motifs is 2. The molecule has 35 heavy (non-hydrogen) atoms. The van der Waals surface area contributed by atoms with Crippen LogP contribution in [-0.2, 0) is 20.1 Å². The predicted octanol–water partition coefficient (Wildman–Crippen LogP) is 1.64. The molecule has 0 fully saturated rings. The number of hydrogen-bond acceptors (Lipinski definition) is 7. The second-order valence-corrected chi connectivity index (χ2v) is 8.65. The summed E-state index contributed by atoms with van der Waals surface area (Å²) in [6.45, 7) is 4.61. The van der Waals surface area contributed by atoms with Gasteiger partial charge >= 0.3 is 5.69 Å². The van der Waals surface area contributed by atoms with E-state index in [-0.39, 0.29) is 18.2 Å². The number of hydrogen-bond donors (Lipinski definition) is 1. The molecule has 2 N–H and O–H groups in total. The molecule has 0 aliphatic heterocycles. The minimum atomic E-state index is -0.555. The van der Waals surface area contributed by atoms with Crippen molar-refractivity contribution in [3.63, 3.8) is 0 Å². The van der Waals surface area contributed by atoms with E-state index in [0.29, 0.717) is 52.0 Å². The molecule has 178 valence electrons. The first-order chi connectivity index (χ1) is 16.7. The second-order valence-electron chi connectivity index (χ2n) is 8.65. The minimum absolute atomic E-state index is 0.114. The van der Waals surface area contributed by atoms with E-state index in [1.807, 2.05) is 25.8 Å². The maximum absolute atomic E-state index is 13.7. The Labute approximate surface area is 201 Å². The second kappa shape index (κ2) is 9.09. The predicted molar refractivity (Wildman–Crippen MR) is 134 cm³/mol. The Hall–Kier alpha value is -4.41. The zero-order valence-electron chi connectivity index (χ0n) is 20.1. The quantitative estimate of drug-likeness (QED) is 0.452. The number of nitrogens with two attached hydrogens (primary N) is 1. The maximum atomic E-state index is 13.7. The molecule has 0 radical (unpaired) electrons. The van der Waals surface area contributed by atoms with Gasteiger partial charge in [-0.2, -0.15) is 15.5 Å². The van der Waals surface area contributed by atoms with E-state index in [2.05, 4.69) is 17.1 Å². The Balaban J connectivity index is 1.98. The molecule has 0 spiro atoms. The number of rotatable bonds is 6. The number of aromatic nitrogens is 4. The Morgan fingerprint density at radius 3 is 2.43 bits per heavy atom. The highest BCUT2D eigenvalue weighted by molar-refractivity contribution is 5.93. The molecule has 4 rings (SSSR count). The van der Waals surface area contributed by atoms with Crippen LogP contribution in [0.15, 0.2) is 39.9 Å². The molecule has 0 bridgehead atoms. The number of imidazole rings is 1. The highest BCUT2D eigenvalue weighted by atomic mass is 16.2. The zero-order valence-corrected chi connectivity index (χ0v) is 20.1. The molecule has 10 nitrogen and oxygen atoms in total. The van der Waals surface area contributed by atoms with Crippen molar-refractivity contribution in [1.82, 2.24) is 18.7 Å². The molecule has 2 heterocycles. The number of likely N-dealkylation sites (N-methyl/N-ethyl adjacent to an activating group) is 1. The normalized spacial score (nSPS) is 12.0. The molecule has 2 aromatic heterocycles. The highest BCUT2D eigenvalue weighted by Gasteiger charge is 2.23. The summed E-state index contributed by atoms with van der Waals surface area (Å²) in [5.74, 6) is 0.542. The van der Waals surface area contributed by atoms with Crippen LogP contribution in [0.2, 0.25) is 0 Å². The summed E-state index contributed by atoms with van der Waals surface area (Å²) in [5.41, 5.74) is 6.59. The SMILES string of the molecule is CCn1c(N(C)CC(C)N)nc2c1c(=O)n(Cc1cc(C#N)c3ccccc3c1C#N)c(=O)n2C. The maximum Gasteiger partial charge on any atom is 0.332 e. The van der Waals surface area contributed by atoms with Crippen molar-refractivity contribution in [3.8, 4) is 12.1 Å². The summed E-state index contributed by atoms with van der Waals surface area (Å²) in [7, 11) is 3.40. The molecule has 1 unspecified atom stereocenters. The van der Waals surface area contributed by atoms with Gasteiger partial charge in [-0.05, 0) is 25.5 Å². The Bertz CT molecular complexity index is 1660. The van der Waals surface area contributed by atoms with Crippen LogP contribution in [0.25, 0.3) is 21.9 Å². The summed E-state index contributed by atoms with van der Waals surface area (Å²) in [4.78, 5) is 33.4. The van der Waals surface area contributed by atoms with E-state index in [4.69, 9.17) is 5.73 Å². The first-order valence-corrected chi connectivity index (χ1v) is 11.2. The van der Waals surface area contributed by atoms with Crippen molar-refractivity contribution >= 4 is 27.9 Å². The van der Waals surface area contributed by atoms with Crippen LogP contribution < -0.4 is 21.9 Å². The molecule has 0 saturated heterocycles. The van der Waals surface area contributed by atoms with Crippen molar-refractivity contribution in [2.24, 2.45) is 12.8 Å². The molecule has 0 aliphatic carbocycles. The van der Waals surface area contributed by atoms with Gasteiger partial charge in [0, 0.05) is 44.0 Å². The lowest BCUT2D eigenvalue weighted by Crippen LogP contribution is -2.40. The molecular formula is C25H26N8O2. The summed E-state index contributed by atoms with van der Waals surface area (Å²) < 4.78 is 4.20. The first kappa shape index (κ1) is 23.7. The van der Waals surface area contributed by atoms with Crippen molar-refractivity contribution in [1.29, 1.82) is 10.5 Å². The smallest absolute Gasteiger partial charge is 0.332 e. The molecular weight excluding hydrogens is 444 g/mol. The lowest BCUT2D eigenvalue weighted by atomic mass is 9.95. The van der Waals surface area contributed by atoms with Crippen LogP contribution in [0.4, 0.5) is 5.95 Å². The average molecular weight is 471 g/mol. The largest absolute Gasteiger partial charge is 0.344 e. The van der Waals surface area contributed by atoms with Crippen LogP contribution in [0.3, 0.4) is 0 Å². The van der Waals surface area contributed by atoms with E-state index in [1.54, 1.807) is 41.9 Å². The Kier molecular flexibility index (Phi) is 6.16. The van der Waals surface area contributed by atoms with Crippen molar-refractivity contribution < 1.29 is 0 Å². The summed E-state index contributed by atoms with van der Waals surface area (Å²) >= 11 is 0. The van der Waals surface area contributed by atoms with E-state index < -0.39 is 11.2 Å². The highest BCUT2D eigenvalue weighted by Crippen LogP contribution is 2.26. The van der Waals surface area contributed by atoms with Gasteiger partial charge in [0.1, 0.15) is 6.07 Å². The topological polar surface area (TPSA) is 139 Å². The molecule has 2 aromatic carbocycles. The third-order valence-corrected chi connectivity index (χ3v) is 6.12. The van der Waals surface area contributed by atoms with Gasteiger partial charge in [0.05, 0.1) is 23.7 Å². The fourth-order valence-corrected chi connectivity index (χ4v) is 4.56. The van der Waals surface area contributed by atoms with Crippen LogP contribution in [0, 0.1) is 22.7 Å². The van der Waals surface area contributed by atoms with Gasteiger partial charge in [0.2, 0.25) is 5.95 Å². The number of benzene rings is 2. The number of nitrogens with zero attached hydrogens (tertiary/aromatic N) is 7. The van der Waals surface area contributed by atoms with Crippen LogP contribution in [-0.4, -0.2) is 38.3 Å². The third-order valence-electron chi connectivity index (χ3n) is 6.12. The first-order valence-electron chi connectivity index (χ1n) is 11.2. The van der Waals surface area contributed by atoms with Crippen molar-refractivity contribution in [3.05, 3.63) is 67.9 Å². The van der Waals surface area contributed by atoms with Gasteiger partial charge in [-0.1, -0.05) is 24.3 Å². The number of aryl methyl sites for hydroxylation is 2. The van der Waals surface area contributed by atoms with E-state index in [0.717, 1.165) is 4.57 Å². The van der Waals surface area contributed by atoms with Gasteiger partial charge in [0.25, 0.3) is 5.56 Å². The fourth-order valence-electron chi connectivity index (χ4n) is 4.56. The number of anilines is 1. The third kappa shape index (κ3) is 3.84.